The quantitative estimate of drug-likeness (QED) is 0.664. The molecule has 1 N–H and O–H groups in total. The third-order valence-corrected chi connectivity index (χ3v) is 3.15. The zero-order valence-electron chi connectivity index (χ0n) is 10.4. The van der Waals surface area contributed by atoms with Crippen molar-refractivity contribution < 1.29 is 4.74 Å². The molecule has 0 amide bonds. The fraction of sp³-hybridized carbons (Fsp3) is 0.231. The Labute approximate surface area is 110 Å². The lowest BCUT2D eigenvalue weighted by atomic mass is 10.1. The average molecular weight is 261 g/mol. The normalized spacial score (nSPS) is 11.0. The number of methoxy groups -OCH3 is 1. The summed E-state index contributed by atoms with van der Waals surface area (Å²) in [7, 11) is 1.69. The van der Waals surface area contributed by atoms with E-state index in [9.17, 15) is 0 Å². The van der Waals surface area contributed by atoms with Crippen molar-refractivity contribution in [1.29, 1.82) is 0 Å². The van der Waals surface area contributed by atoms with Gasteiger partial charge in [0, 0.05) is 12.5 Å². The van der Waals surface area contributed by atoms with Crippen LogP contribution < -0.4 is 5.43 Å². The van der Waals surface area contributed by atoms with E-state index in [1.165, 1.54) is 0 Å². The van der Waals surface area contributed by atoms with Gasteiger partial charge in [-0.05, 0) is 18.1 Å². The second-order valence-electron chi connectivity index (χ2n) is 3.84. The fourth-order valence-corrected chi connectivity index (χ4v) is 2.07. The van der Waals surface area contributed by atoms with Gasteiger partial charge in [-0.15, -0.1) is 11.3 Å². The molecule has 0 fully saturated rings. The molecule has 0 aliphatic rings. The van der Waals surface area contributed by atoms with Crippen molar-refractivity contribution in [1.82, 2.24) is 4.98 Å². The number of aryl methyl sites for hydroxylation is 1. The predicted molar refractivity (Wildman–Crippen MR) is 75.2 cm³/mol. The second kappa shape index (κ2) is 6.28. The van der Waals surface area contributed by atoms with Gasteiger partial charge in [-0.25, -0.2) is 4.98 Å². The van der Waals surface area contributed by atoms with Crippen LogP contribution in [0.3, 0.4) is 0 Å². The van der Waals surface area contributed by atoms with Crippen molar-refractivity contribution in [2.75, 3.05) is 12.5 Å². The Hall–Kier alpha value is -1.72. The molecule has 1 aromatic heterocycles. The second-order valence-corrected chi connectivity index (χ2v) is 4.70. The maximum absolute atomic E-state index is 5.06. The van der Waals surface area contributed by atoms with Crippen molar-refractivity contribution in [3.8, 4) is 0 Å². The molecule has 0 spiro atoms. The Bertz CT molecular complexity index is 519. The maximum Gasteiger partial charge on any atom is 0.203 e. The third-order valence-electron chi connectivity index (χ3n) is 2.28. The molecule has 1 aromatic carbocycles. The Balaban J connectivity index is 1.92. The first-order chi connectivity index (χ1) is 8.78. The van der Waals surface area contributed by atoms with Crippen LogP contribution in [0.15, 0.2) is 34.7 Å². The predicted octanol–water partition coefficient (Wildman–Crippen LogP) is 3.04. The van der Waals surface area contributed by atoms with Crippen LogP contribution in [0.4, 0.5) is 5.13 Å². The van der Waals surface area contributed by atoms with Crippen LogP contribution >= 0.6 is 11.3 Å². The van der Waals surface area contributed by atoms with Crippen LogP contribution in [-0.4, -0.2) is 18.3 Å². The van der Waals surface area contributed by atoms with Gasteiger partial charge in [-0.1, -0.05) is 24.3 Å². The van der Waals surface area contributed by atoms with E-state index in [4.69, 9.17) is 4.74 Å². The Morgan fingerprint density at radius 2 is 2.17 bits per heavy atom. The Morgan fingerprint density at radius 1 is 1.39 bits per heavy atom. The monoisotopic (exact) mass is 261 g/mol. The standard InChI is InChI=1S/C13H15N3OS/c1-10-9-18-13(15-10)16-14-7-11-3-5-12(6-4-11)8-17-2/h3-7,9H,8H2,1-2H3,(H,15,16). The summed E-state index contributed by atoms with van der Waals surface area (Å²) < 4.78 is 5.06. The molecule has 94 valence electrons. The number of ether oxygens (including phenoxy) is 1. The molecule has 2 rings (SSSR count). The summed E-state index contributed by atoms with van der Waals surface area (Å²) in [6.45, 7) is 2.59. The molecule has 0 aliphatic heterocycles. The summed E-state index contributed by atoms with van der Waals surface area (Å²) in [6, 6.07) is 8.07. The molecule has 0 atom stereocenters. The summed E-state index contributed by atoms with van der Waals surface area (Å²) >= 11 is 1.54. The van der Waals surface area contributed by atoms with Crippen LogP contribution in [0.5, 0.6) is 0 Å². The van der Waals surface area contributed by atoms with Crippen LogP contribution in [0, 0.1) is 6.92 Å². The van der Waals surface area contributed by atoms with Gasteiger partial charge in [-0.2, -0.15) is 5.10 Å². The Morgan fingerprint density at radius 3 is 2.78 bits per heavy atom. The van der Waals surface area contributed by atoms with Crippen molar-refractivity contribution in [2.24, 2.45) is 5.10 Å². The van der Waals surface area contributed by atoms with Crippen molar-refractivity contribution in [3.63, 3.8) is 0 Å². The van der Waals surface area contributed by atoms with Crippen LogP contribution in [0.25, 0.3) is 0 Å². The molecule has 0 bridgehead atoms. The Kier molecular flexibility index (Phi) is 4.44. The number of nitrogens with one attached hydrogen (secondary N) is 1. The molecule has 0 unspecified atom stereocenters. The highest BCUT2D eigenvalue weighted by Crippen LogP contribution is 2.14. The van der Waals surface area contributed by atoms with Crippen LogP contribution in [0.2, 0.25) is 0 Å². The van der Waals surface area contributed by atoms with Gasteiger partial charge in [0.25, 0.3) is 0 Å². The third kappa shape index (κ3) is 3.65. The fourth-order valence-electron chi connectivity index (χ4n) is 1.43. The highest BCUT2D eigenvalue weighted by Gasteiger charge is 1.95. The minimum absolute atomic E-state index is 0.633. The van der Waals surface area contributed by atoms with E-state index in [0.717, 1.165) is 22.0 Å². The molecule has 5 heteroatoms. The summed E-state index contributed by atoms with van der Waals surface area (Å²) in [5.74, 6) is 0. The number of anilines is 1. The average Bonchev–Trinajstić information content (AvgIpc) is 2.78. The van der Waals surface area contributed by atoms with Gasteiger partial charge in [0.05, 0.1) is 18.5 Å². The van der Waals surface area contributed by atoms with Gasteiger partial charge in [-0.3, -0.25) is 5.43 Å². The molecular weight excluding hydrogens is 246 g/mol. The van der Waals surface area contributed by atoms with Gasteiger partial charge < -0.3 is 4.74 Å². The summed E-state index contributed by atoms with van der Waals surface area (Å²) in [5.41, 5.74) is 6.10. The lowest BCUT2D eigenvalue weighted by molar-refractivity contribution is 0.185. The number of rotatable bonds is 5. The van der Waals surface area contributed by atoms with Crippen molar-refractivity contribution >= 4 is 22.7 Å². The lowest BCUT2D eigenvalue weighted by Crippen LogP contribution is -1.91. The minimum atomic E-state index is 0.633. The molecule has 18 heavy (non-hydrogen) atoms. The van der Waals surface area contributed by atoms with E-state index in [0.29, 0.717) is 6.61 Å². The molecule has 0 saturated carbocycles. The largest absolute Gasteiger partial charge is 0.380 e. The first-order valence-electron chi connectivity index (χ1n) is 5.57. The highest BCUT2D eigenvalue weighted by molar-refractivity contribution is 7.13. The number of hydrazone groups is 1. The van der Waals surface area contributed by atoms with E-state index >= 15 is 0 Å². The zero-order chi connectivity index (χ0) is 12.8. The number of benzene rings is 1. The minimum Gasteiger partial charge on any atom is -0.380 e. The number of hydrogen-bond acceptors (Lipinski definition) is 5. The topological polar surface area (TPSA) is 46.5 Å². The number of aromatic nitrogens is 1. The summed E-state index contributed by atoms with van der Waals surface area (Å²) in [5, 5.41) is 6.93. The summed E-state index contributed by atoms with van der Waals surface area (Å²) in [4.78, 5) is 4.26. The smallest absolute Gasteiger partial charge is 0.203 e. The van der Waals surface area contributed by atoms with Gasteiger partial charge in [0.1, 0.15) is 0 Å². The summed E-state index contributed by atoms with van der Waals surface area (Å²) in [6.07, 6.45) is 1.77. The van der Waals surface area contributed by atoms with Gasteiger partial charge in [0.15, 0.2) is 0 Å². The van der Waals surface area contributed by atoms with Crippen LogP contribution in [-0.2, 0) is 11.3 Å². The molecule has 2 aromatic rings. The highest BCUT2D eigenvalue weighted by atomic mass is 32.1. The molecular formula is C13H15N3OS. The van der Waals surface area contributed by atoms with Crippen molar-refractivity contribution in [3.05, 3.63) is 46.5 Å². The van der Waals surface area contributed by atoms with Crippen LogP contribution in [0.1, 0.15) is 16.8 Å². The molecule has 0 saturated heterocycles. The van der Waals surface area contributed by atoms with E-state index in [-0.39, 0.29) is 0 Å². The maximum atomic E-state index is 5.06. The van der Waals surface area contributed by atoms with Crippen molar-refractivity contribution in [2.45, 2.75) is 13.5 Å². The van der Waals surface area contributed by atoms with E-state index in [1.54, 1.807) is 24.7 Å². The number of thiazole rings is 1. The number of hydrogen-bond donors (Lipinski definition) is 1. The van der Waals surface area contributed by atoms with E-state index < -0.39 is 0 Å². The first-order valence-corrected chi connectivity index (χ1v) is 6.45. The molecule has 0 aliphatic carbocycles. The first kappa shape index (κ1) is 12.7. The van der Waals surface area contributed by atoms with Gasteiger partial charge in [0.2, 0.25) is 5.13 Å². The molecule has 1 heterocycles. The molecule has 0 radical (unpaired) electrons. The SMILES string of the molecule is COCc1ccc(C=NNc2nc(C)cs2)cc1. The lowest BCUT2D eigenvalue weighted by Gasteiger charge is -1.99. The zero-order valence-corrected chi connectivity index (χ0v) is 11.2. The van der Waals surface area contributed by atoms with Gasteiger partial charge >= 0.3 is 0 Å². The number of nitrogens with zero attached hydrogens (tertiary/aromatic N) is 2. The molecule has 4 nitrogen and oxygen atoms in total. The van der Waals surface area contributed by atoms with E-state index in [1.807, 2.05) is 36.6 Å². The van der Waals surface area contributed by atoms with E-state index in [2.05, 4.69) is 15.5 Å².